The van der Waals surface area contributed by atoms with E-state index in [1.807, 2.05) is 0 Å². The van der Waals surface area contributed by atoms with Gasteiger partial charge < -0.3 is 0 Å². The fourth-order valence-corrected chi connectivity index (χ4v) is 2.52. The Morgan fingerprint density at radius 1 is 0.625 bits per heavy atom. The lowest BCUT2D eigenvalue weighted by molar-refractivity contribution is 0.457. The Labute approximate surface area is 51.3 Å². The molecule has 2 aliphatic carbocycles. The molecule has 2 fully saturated rings. The fraction of sp³-hybridized carbons (Fsp3) is 1.00. The molecule has 2 saturated carbocycles. The molecule has 2 rings (SSSR count). The van der Waals surface area contributed by atoms with E-state index in [-0.39, 0.29) is 0 Å². The largest absolute Gasteiger partial charge is 0.0528 e. The highest BCUT2D eigenvalue weighted by atomic mass is 14.4. The minimum absolute atomic E-state index is 1.18. The van der Waals surface area contributed by atoms with Crippen molar-refractivity contribution in [3.63, 3.8) is 0 Å². The summed E-state index contributed by atoms with van der Waals surface area (Å²) < 4.78 is 0. The van der Waals surface area contributed by atoms with Crippen LogP contribution >= 0.6 is 0 Å². The molecule has 0 atom stereocenters. The Bertz CT molecular complexity index is 66.0. The van der Waals surface area contributed by atoms with Crippen molar-refractivity contribution in [3.05, 3.63) is 0 Å². The highest BCUT2D eigenvalue weighted by Crippen LogP contribution is 2.43. The molecule has 46 valence electrons. The summed E-state index contributed by atoms with van der Waals surface area (Å²) in [6, 6.07) is 0. The Balaban J connectivity index is 2.04. The van der Waals surface area contributed by atoms with E-state index in [1.165, 1.54) is 24.7 Å². The maximum atomic E-state index is 1.56. The molecule has 0 aromatic carbocycles. The fourth-order valence-electron chi connectivity index (χ4n) is 2.52. The topological polar surface area (TPSA) is 0 Å². The summed E-state index contributed by atoms with van der Waals surface area (Å²) in [6.45, 7) is 0. The average Bonchev–Trinajstić information content (AvgIpc) is 2.15. The van der Waals surface area contributed by atoms with Crippen LogP contribution in [-0.4, -0.2) is 0 Å². The molecule has 0 bridgehead atoms. The second kappa shape index (κ2) is 1.75. The van der Waals surface area contributed by atoms with Crippen molar-refractivity contribution < 1.29 is 0 Å². The molecule has 0 heteroatoms. The smallest absolute Gasteiger partial charge is 0.0386 e. The molecule has 0 aliphatic heterocycles. The normalized spacial score (nSPS) is 45.0. The second-order valence-corrected chi connectivity index (χ2v) is 3.38. The first-order valence-corrected chi connectivity index (χ1v) is 3.97. The van der Waals surface area contributed by atoms with Gasteiger partial charge in [0.05, 0.1) is 0 Å². The molecule has 0 nitrogen and oxygen atoms in total. The van der Waals surface area contributed by atoms with Gasteiger partial charge >= 0.3 is 0 Å². The molecule has 0 N–H and O–H groups in total. The van der Waals surface area contributed by atoms with E-state index in [4.69, 9.17) is 0 Å². The molecule has 0 unspecified atom stereocenters. The van der Waals surface area contributed by atoms with Gasteiger partial charge in [-0.1, -0.05) is 38.5 Å². The molecular formula is C8H14. The molecule has 2 aliphatic rings. The minimum Gasteiger partial charge on any atom is -0.0528 e. The maximum absolute atomic E-state index is 1.56. The molecule has 0 heterocycles. The predicted molar refractivity (Wildman–Crippen MR) is 34.7 cm³/mol. The van der Waals surface area contributed by atoms with E-state index in [0.717, 1.165) is 0 Å². The van der Waals surface area contributed by atoms with Crippen molar-refractivity contribution in [1.29, 1.82) is 0 Å². The molecule has 0 spiro atoms. The van der Waals surface area contributed by atoms with E-state index < -0.39 is 0 Å². The van der Waals surface area contributed by atoms with Crippen LogP contribution in [0.2, 0.25) is 0 Å². The van der Waals surface area contributed by atoms with Gasteiger partial charge in [0.1, 0.15) is 0 Å². The van der Waals surface area contributed by atoms with Crippen LogP contribution in [0.25, 0.3) is 0 Å². The third-order valence-electron chi connectivity index (χ3n) is 2.97. The van der Waals surface area contributed by atoms with Crippen LogP contribution in [0.1, 0.15) is 38.5 Å². The lowest BCUT2D eigenvalue weighted by atomic mass is 10.0. The van der Waals surface area contributed by atoms with Gasteiger partial charge in [-0.15, -0.1) is 0 Å². The zero-order valence-corrected chi connectivity index (χ0v) is 5.40. The van der Waals surface area contributed by atoms with Crippen LogP contribution in [0.4, 0.5) is 0 Å². The SMILES string of the molecule is C1C[C@H]2CCC[C@H]2C1. The minimum atomic E-state index is 1.18. The number of rotatable bonds is 0. The van der Waals surface area contributed by atoms with Gasteiger partial charge in [-0.05, 0) is 11.8 Å². The molecular weight excluding hydrogens is 96.1 g/mol. The number of fused-ring (bicyclic) bond motifs is 1. The van der Waals surface area contributed by atoms with Crippen molar-refractivity contribution in [1.82, 2.24) is 0 Å². The Morgan fingerprint density at radius 2 is 1.00 bits per heavy atom. The van der Waals surface area contributed by atoms with E-state index in [2.05, 4.69) is 0 Å². The van der Waals surface area contributed by atoms with Gasteiger partial charge in [0.25, 0.3) is 0 Å². The predicted octanol–water partition coefficient (Wildman–Crippen LogP) is 2.59. The molecule has 0 radical (unpaired) electrons. The van der Waals surface area contributed by atoms with Gasteiger partial charge in [0.15, 0.2) is 0 Å². The quantitative estimate of drug-likeness (QED) is 0.449. The second-order valence-electron chi connectivity index (χ2n) is 3.38. The van der Waals surface area contributed by atoms with Crippen LogP contribution in [0.15, 0.2) is 0 Å². The first-order chi connectivity index (χ1) is 3.97. The molecule has 0 amide bonds. The van der Waals surface area contributed by atoms with Gasteiger partial charge in [0.2, 0.25) is 0 Å². The highest BCUT2D eigenvalue weighted by Gasteiger charge is 2.30. The Kier molecular flexibility index (Phi) is 1.06. The van der Waals surface area contributed by atoms with Crippen molar-refractivity contribution in [2.24, 2.45) is 11.8 Å². The zero-order chi connectivity index (χ0) is 5.40. The number of hydrogen-bond acceptors (Lipinski definition) is 0. The van der Waals surface area contributed by atoms with Crippen LogP contribution < -0.4 is 0 Å². The lowest BCUT2D eigenvalue weighted by Gasteiger charge is -2.04. The van der Waals surface area contributed by atoms with Gasteiger partial charge in [0, 0.05) is 0 Å². The Morgan fingerprint density at radius 3 is 1.38 bits per heavy atom. The molecule has 0 aromatic rings. The van der Waals surface area contributed by atoms with E-state index in [1.54, 1.807) is 25.7 Å². The maximum Gasteiger partial charge on any atom is -0.0386 e. The van der Waals surface area contributed by atoms with E-state index in [0.29, 0.717) is 0 Å². The van der Waals surface area contributed by atoms with Crippen LogP contribution in [0, 0.1) is 11.8 Å². The average molecular weight is 110 g/mol. The summed E-state index contributed by atoms with van der Waals surface area (Å²) in [5.41, 5.74) is 0. The summed E-state index contributed by atoms with van der Waals surface area (Å²) in [5, 5.41) is 0. The van der Waals surface area contributed by atoms with E-state index in [9.17, 15) is 0 Å². The summed E-state index contributed by atoms with van der Waals surface area (Å²) in [5.74, 6) is 2.35. The summed E-state index contributed by atoms with van der Waals surface area (Å²) in [6.07, 6.45) is 9.31. The van der Waals surface area contributed by atoms with Gasteiger partial charge in [-0.3, -0.25) is 0 Å². The third kappa shape index (κ3) is 0.586. The third-order valence-corrected chi connectivity index (χ3v) is 2.97. The first-order valence-electron chi connectivity index (χ1n) is 3.97. The molecule has 0 saturated heterocycles. The van der Waals surface area contributed by atoms with Crippen LogP contribution in [0.5, 0.6) is 0 Å². The standard InChI is InChI=1S/C8H14/c1-3-7-5-2-6-8(7)4-1/h7-8H,1-6H2/t7-,8+. The highest BCUT2D eigenvalue weighted by molar-refractivity contribution is 4.82. The number of hydrogen-bond donors (Lipinski definition) is 0. The summed E-state index contributed by atoms with van der Waals surface area (Å²) in [7, 11) is 0. The van der Waals surface area contributed by atoms with Gasteiger partial charge in [-0.25, -0.2) is 0 Å². The molecule has 0 aromatic heterocycles. The van der Waals surface area contributed by atoms with Crippen molar-refractivity contribution in [3.8, 4) is 0 Å². The Hall–Kier alpha value is 0. The van der Waals surface area contributed by atoms with E-state index >= 15 is 0 Å². The monoisotopic (exact) mass is 110 g/mol. The zero-order valence-electron chi connectivity index (χ0n) is 5.40. The summed E-state index contributed by atoms with van der Waals surface area (Å²) >= 11 is 0. The van der Waals surface area contributed by atoms with Crippen molar-refractivity contribution in [2.45, 2.75) is 38.5 Å². The van der Waals surface area contributed by atoms with Crippen molar-refractivity contribution >= 4 is 0 Å². The van der Waals surface area contributed by atoms with Gasteiger partial charge in [-0.2, -0.15) is 0 Å². The van der Waals surface area contributed by atoms with Crippen LogP contribution in [0.3, 0.4) is 0 Å². The van der Waals surface area contributed by atoms with Crippen molar-refractivity contribution in [2.75, 3.05) is 0 Å². The molecule has 8 heavy (non-hydrogen) atoms. The first kappa shape index (κ1) is 4.84. The summed E-state index contributed by atoms with van der Waals surface area (Å²) in [4.78, 5) is 0. The lowest BCUT2D eigenvalue weighted by Crippen LogP contribution is -1.95. The van der Waals surface area contributed by atoms with Crippen LogP contribution in [-0.2, 0) is 0 Å².